The van der Waals surface area contributed by atoms with Gasteiger partial charge in [0, 0.05) is 0 Å². The van der Waals surface area contributed by atoms with Crippen LogP contribution in [0.4, 0.5) is 11.5 Å². The molecule has 0 amide bonds. The van der Waals surface area contributed by atoms with Gasteiger partial charge in [0.2, 0.25) is 0 Å². The number of nitrogens with zero attached hydrogens (tertiary/aromatic N) is 3. The van der Waals surface area contributed by atoms with E-state index >= 15 is 0 Å². The second-order valence-electron chi connectivity index (χ2n) is 3.39. The molecule has 0 saturated carbocycles. The number of anilines is 1. The summed E-state index contributed by atoms with van der Waals surface area (Å²) < 4.78 is 9.44. The first kappa shape index (κ1) is 13.1. The zero-order chi connectivity index (χ0) is 13.8. The van der Waals surface area contributed by atoms with Crippen LogP contribution in [0.2, 0.25) is 5.02 Å². The Kier molecular flexibility index (Phi) is 3.83. The fraction of sp³-hybridized carbons (Fsp3) is 0.100. The predicted octanol–water partition coefficient (Wildman–Crippen LogP) is 1.37. The number of methoxy groups -OCH3 is 1. The molecule has 2 rings (SSSR count). The number of amidine groups is 1. The molecule has 4 N–H and O–H groups in total. The van der Waals surface area contributed by atoms with Crippen LogP contribution < -0.4 is 16.0 Å². The number of halogens is 1. The van der Waals surface area contributed by atoms with Crippen molar-refractivity contribution in [1.29, 1.82) is 0 Å². The number of nitrogens with one attached hydrogen (secondary N) is 1. The number of nitrogens with two attached hydrogens (primary N) is 1. The van der Waals surface area contributed by atoms with Gasteiger partial charge in [0.1, 0.15) is 5.75 Å². The van der Waals surface area contributed by atoms with Crippen LogP contribution in [-0.2, 0) is 0 Å². The molecule has 0 aliphatic heterocycles. The van der Waals surface area contributed by atoms with E-state index < -0.39 is 0 Å². The van der Waals surface area contributed by atoms with Gasteiger partial charge in [-0.1, -0.05) is 11.6 Å². The number of rotatable bonds is 3. The molecule has 0 unspecified atom stereocenters. The van der Waals surface area contributed by atoms with Gasteiger partial charge in [0.05, 0.1) is 17.8 Å². The highest BCUT2D eigenvalue weighted by Crippen LogP contribution is 2.28. The van der Waals surface area contributed by atoms with Gasteiger partial charge in [-0.25, -0.2) is 9.62 Å². The first-order valence-electron chi connectivity index (χ1n) is 5.06. The summed E-state index contributed by atoms with van der Waals surface area (Å²) in [7, 11) is 1.51. The fourth-order valence-corrected chi connectivity index (χ4v) is 1.60. The molecule has 0 spiro atoms. The quantitative estimate of drug-likeness (QED) is 0.442. The van der Waals surface area contributed by atoms with Gasteiger partial charge in [-0.15, -0.1) is 0 Å². The third-order valence-electron chi connectivity index (χ3n) is 2.22. The van der Waals surface area contributed by atoms with Crippen LogP contribution in [0, 0.1) is 0 Å². The molecule has 1 heterocycles. The average Bonchev–Trinajstić information content (AvgIpc) is 2.82. The van der Waals surface area contributed by atoms with Crippen LogP contribution in [0.25, 0.3) is 0 Å². The minimum atomic E-state index is -0.0139. The zero-order valence-corrected chi connectivity index (χ0v) is 10.5. The molecule has 0 bridgehead atoms. The van der Waals surface area contributed by atoms with Crippen molar-refractivity contribution in [3.63, 3.8) is 0 Å². The molecule has 0 fully saturated rings. The Hall–Kier alpha value is -2.32. The number of hydroxylamine groups is 1. The van der Waals surface area contributed by atoms with E-state index in [4.69, 9.17) is 27.3 Å². The van der Waals surface area contributed by atoms with Crippen LogP contribution in [0.1, 0.15) is 5.69 Å². The van der Waals surface area contributed by atoms with Gasteiger partial charge in [-0.2, -0.15) is 0 Å². The maximum atomic E-state index is 9.05. The second kappa shape index (κ2) is 5.55. The number of hydrogen-bond donors (Lipinski definition) is 3. The van der Waals surface area contributed by atoms with Gasteiger partial charge in [-0.05, 0) is 28.5 Å². The summed E-state index contributed by atoms with van der Waals surface area (Å²) in [6, 6.07) is 4.84. The lowest BCUT2D eigenvalue weighted by Crippen LogP contribution is -2.21. The smallest absolute Gasteiger partial charge is 0.199 e. The summed E-state index contributed by atoms with van der Waals surface area (Å²) in [5.41, 5.74) is 7.93. The lowest BCUT2D eigenvalue weighted by Gasteiger charge is -2.04. The van der Waals surface area contributed by atoms with E-state index in [1.54, 1.807) is 18.2 Å². The van der Waals surface area contributed by atoms with E-state index in [1.807, 2.05) is 5.48 Å². The first-order chi connectivity index (χ1) is 9.15. The maximum Gasteiger partial charge on any atom is 0.199 e. The van der Waals surface area contributed by atoms with Crippen LogP contribution in [0.5, 0.6) is 5.75 Å². The third-order valence-corrected chi connectivity index (χ3v) is 2.52. The molecule has 2 aromatic rings. The standard InChI is InChI=1S/C10H10ClN5O3/c1-18-7-3-2-5(4-6(7)11)13-10(14-17)8-9(12)16-19-15-8/h2-4,17H,1H3,(H2,12,16)(H,13,14). The van der Waals surface area contributed by atoms with Crippen LogP contribution in [0.3, 0.4) is 0 Å². The Morgan fingerprint density at radius 2 is 2.32 bits per heavy atom. The van der Waals surface area contributed by atoms with Crippen LogP contribution in [-0.4, -0.2) is 28.5 Å². The normalized spacial score (nSPS) is 11.4. The van der Waals surface area contributed by atoms with Crippen molar-refractivity contribution in [2.45, 2.75) is 0 Å². The molecular formula is C10H10ClN5O3. The van der Waals surface area contributed by atoms with E-state index in [0.717, 1.165) is 0 Å². The number of aliphatic imine (C=N–C) groups is 1. The summed E-state index contributed by atoms with van der Waals surface area (Å²) in [5, 5.41) is 16.3. The van der Waals surface area contributed by atoms with Gasteiger partial charge >= 0.3 is 0 Å². The minimum Gasteiger partial charge on any atom is -0.495 e. The Balaban J connectivity index is 2.38. The average molecular weight is 284 g/mol. The summed E-state index contributed by atoms with van der Waals surface area (Å²) in [6.45, 7) is 0. The van der Waals surface area contributed by atoms with Crippen molar-refractivity contribution < 1.29 is 14.6 Å². The highest BCUT2D eigenvalue weighted by atomic mass is 35.5. The summed E-state index contributed by atoms with van der Waals surface area (Å²) in [5.74, 6) is 0.502. The number of aromatic nitrogens is 2. The summed E-state index contributed by atoms with van der Waals surface area (Å²) in [6.07, 6.45) is 0. The van der Waals surface area contributed by atoms with E-state index in [0.29, 0.717) is 16.5 Å². The minimum absolute atomic E-state index is 0.0000846. The van der Waals surface area contributed by atoms with Crippen LogP contribution >= 0.6 is 11.6 Å². The maximum absolute atomic E-state index is 9.05. The van der Waals surface area contributed by atoms with Crippen molar-refractivity contribution in [1.82, 2.24) is 15.8 Å². The molecule has 0 atom stereocenters. The molecule has 0 saturated heterocycles. The lowest BCUT2D eigenvalue weighted by atomic mass is 10.3. The Labute approximate surface area is 112 Å². The lowest BCUT2D eigenvalue weighted by molar-refractivity contribution is 0.234. The van der Waals surface area contributed by atoms with Gasteiger partial charge < -0.3 is 10.5 Å². The molecule has 0 radical (unpaired) electrons. The predicted molar refractivity (Wildman–Crippen MR) is 67.8 cm³/mol. The molecule has 19 heavy (non-hydrogen) atoms. The molecule has 100 valence electrons. The molecular weight excluding hydrogens is 274 g/mol. The topological polar surface area (TPSA) is 119 Å². The fourth-order valence-electron chi connectivity index (χ4n) is 1.34. The number of ether oxygens (including phenoxy) is 1. The number of benzene rings is 1. The highest BCUT2D eigenvalue weighted by molar-refractivity contribution is 6.32. The molecule has 9 heteroatoms. The van der Waals surface area contributed by atoms with Gasteiger partial charge in [0.25, 0.3) is 0 Å². The van der Waals surface area contributed by atoms with Crippen molar-refractivity contribution in [2.75, 3.05) is 12.8 Å². The Morgan fingerprint density at radius 1 is 1.53 bits per heavy atom. The summed E-state index contributed by atoms with van der Waals surface area (Å²) in [4.78, 5) is 4.09. The second-order valence-corrected chi connectivity index (χ2v) is 3.80. The SMILES string of the molecule is COc1ccc(N=C(NO)c2nonc2N)cc1Cl. The van der Waals surface area contributed by atoms with Crippen LogP contribution in [0.15, 0.2) is 27.8 Å². The largest absolute Gasteiger partial charge is 0.495 e. The Bertz CT molecular complexity index is 613. The van der Waals surface area contributed by atoms with E-state index in [-0.39, 0.29) is 17.3 Å². The van der Waals surface area contributed by atoms with E-state index in [9.17, 15) is 0 Å². The van der Waals surface area contributed by atoms with Crippen molar-refractivity contribution in [2.24, 2.45) is 4.99 Å². The van der Waals surface area contributed by atoms with E-state index in [1.165, 1.54) is 7.11 Å². The molecule has 1 aromatic carbocycles. The number of nitrogen functional groups attached to an aromatic ring is 1. The van der Waals surface area contributed by atoms with E-state index in [2.05, 4.69) is 19.9 Å². The molecule has 0 aliphatic rings. The van der Waals surface area contributed by atoms with Gasteiger partial charge in [-0.3, -0.25) is 10.7 Å². The Morgan fingerprint density at radius 3 is 2.84 bits per heavy atom. The third kappa shape index (κ3) is 2.75. The monoisotopic (exact) mass is 283 g/mol. The van der Waals surface area contributed by atoms with Crippen molar-refractivity contribution in [3.8, 4) is 5.75 Å². The molecule has 1 aromatic heterocycles. The summed E-state index contributed by atoms with van der Waals surface area (Å²) >= 11 is 5.96. The highest BCUT2D eigenvalue weighted by Gasteiger charge is 2.13. The molecule has 0 aliphatic carbocycles. The number of hydrogen-bond acceptors (Lipinski definition) is 7. The molecule has 8 nitrogen and oxygen atoms in total. The van der Waals surface area contributed by atoms with Crippen molar-refractivity contribution in [3.05, 3.63) is 28.9 Å². The van der Waals surface area contributed by atoms with Gasteiger partial charge in [0.15, 0.2) is 17.3 Å². The first-order valence-corrected chi connectivity index (χ1v) is 5.44. The zero-order valence-electron chi connectivity index (χ0n) is 9.79. The van der Waals surface area contributed by atoms with Crippen molar-refractivity contribution >= 4 is 28.9 Å².